The van der Waals surface area contributed by atoms with Gasteiger partial charge in [0.05, 0.1) is 22.3 Å². The van der Waals surface area contributed by atoms with Gasteiger partial charge >= 0.3 is 0 Å². The minimum absolute atomic E-state index is 0.146. The van der Waals surface area contributed by atoms with E-state index in [1.165, 1.54) is 23.9 Å². The molecule has 36 heavy (non-hydrogen) atoms. The van der Waals surface area contributed by atoms with Gasteiger partial charge in [-0.25, -0.2) is 13.9 Å². The number of aryl methyl sites for hydroxylation is 2. The number of halogens is 1. The highest BCUT2D eigenvalue weighted by Crippen LogP contribution is 2.28. The number of aromatic nitrogens is 5. The number of nitrogens with zero attached hydrogens (tertiary/aromatic N) is 5. The molecule has 0 fully saturated rings. The average Bonchev–Trinajstić information content (AvgIpc) is 3.52. The number of rotatable bonds is 5. The Hall–Kier alpha value is -4.24. The highest BCUT2D eigenvalue weighted by Gasteiger charge is 2.19. The number of hydrogen-bond acceptors (Lipinski definition) is 6. The van der Waals surface area contributed by atoms with Crippen molar-refractivity contribution in [3.05, 3.63) is 106 Å². The molecule has 0 bridgehead atoms. The molecule has 0 saturated heterocycles. The Kier molecular flexibility index (Phi) is 5.41. The van der Waals surface area contributed by atoms with Gasteiger partial charge in [-0.1, -0.05) is 42.1 Å². The summed E-state index contributed by atoms with van der Waals surface area (Å²) in [5.41, 5.74) is 4.62. The highest BCUT2D eigenvalue weighted by molar-refractivity contribution is 7.98. The van der Waals surface area contributed by atoms with Gasteiger partial charge in [-0.2, -0.15) is 0 Å². The Morgan fingerprint density at radius 1 is 1.00 bits per heavy atom. The molecule has 9 heteroatoms. The van der Waals surface area contributed by atoms with Crippen LogP contribution in [0.4, 0.5) is 4.39 Å². The summed E-state index contributed by atoms with van der Waals surface area (Å²) in [6, 6.07) is 19.6. The van der Waals surface area contributed by atoms with Crippen LogP contribution in [0.25, 0.3) is 33.8 Å². The zero-order valence-corrected chi connectivity index (χ0v) is 20.3. The second-order valence-electron chi connectivity index (χ2n) is 8.51. The summed E-state index contributed by atoms with van der Waals surface area (Å²) in [5.74, 6) is 0.899. The second kappa shape index (κ2) is 8.76. The Morgan fingerprint density at radius 3 is 2.72 bits per heavy atom. The summed E-state index contributed by atoms with van der Waals surface area (Å²) in [5, 5.41) is 10.0. The topological polar surface area (TPSA) is 78.2 Å². The number of fused-ring (bicyclic) bond motifs is 3. The molecule has 6 rings (SSSR count). The van der Waals surface area contributed by atoms with E-state index in [1.54, 1.807) is 23.0 Å². The quantitative estimate of drug-likeness (QED) is 0.283. The molecule has 0 saturated carbocycles. The molecule has 0 radical (unpaired) electrons. The fourth-order valence-electron chi connectivity index (χ4n) is 4.22. The van der Waals surface area contributed by atoms with Crippen LogP contribution in [0, 0.1) is 19.7 Å². The van der Waals surface area contributed by atoms with Gasteiger partial charge < -0.3 is 4.42 Å². The first-order valence-corrected chi connectivity index (χ1v) is 12.3. The summed E-state index contributed by atoms with van der Waals surface area (Å²) < 4.78 is 22.7. The van der Waals surface area contributed by atoms with Gasteiger partial charge in [-0.05, 0) is 61.4 Å². The van der Waals surface area contributed by atoms with Crippen LogP contribution in [0.1, 0.15) is 16.8 Å². The molecule has 178 valence electrons. The lowest BCUT2D eigenvalue weighted by Gasteiger charge is -2.13. The number of oxazole rings is 1. The molecule has 0 aliphatic carbocycles. The van der Waals surface area contributed by atoms with Crippen LogP contribution in [0.2, 0.25) is 0 Å². The highest BCUT2D eigenvalue weighted by atomic mass is 32.2. The van der Waals surface area contributed by atoms with Crippen LogP contribution in [-0.2, 0) is 5.75 Å². The minimum atomic E-state index is -0.349. The number of hydrogen-bond donors (Lipinski definition) is 0. The maximum absolute atomic E-state index is 13.6. The van der Waals surface area contributed by atoms with Crippen LogP contribution < -0.4 is 5.56 Å². The average molecular weight is 498 g/mol. The van der Waals surface area contributed by atoms with Crippen molar-refractivity contribution < 1.29 is 8.81 Å². The van der Waals surface area contributed by atoms with E-state index in [4.69, 9.17) is 4.42 Å². The molecule has 0 unspecified atom stereocenters. The smallest absolute Gasteiger partial charge is 0.267 e. The lowest BCUT2D eigenvalue weighted by molar-refractivity contribution is 0.571. The maximum atomic E-state index is 13.6. The van der Waals surface area contributed by atoms with Crippen molar-refractivity contribution in [2.45, 2.75) is 24.8 Å². The summed E-state index contributed by atoms with van der Waals surface area (Å²) in [6.45, 7) is 3.97. The standard InChI is InChI=1S/C27H20FN5O2S/c1-16-10-11-17(2)23(12-16)32-25(34)21-8-3-4-9-22(21)33-26(32)30-31-27(33)36-15-20-14-35-24(29-20)18-6-5-7-19(28)13-18/h3-14H,15H2,1-2H3. The molecule has 0 aliphatic rings. The van der Waals surface area contributed by atoms with Crippen LogP contribution in [0.15, 0.2) is 87.4 Å². The molecule has 7 nitrogen and oxygen atoms in total. The molecular formula is C27H20FN5O2S. The third-order valence-electron chi connectivity index (χ3n) is 5.97. The minimum Gasteiger partial charge on any atom is -0.444 e. The van der Waals surface area contributed by atoms with Crippen LogP contribution >= 0.6 is 11.8 Å². The molecule has 3 heterocycles. The van der Waals surface area contributed by atoms with E-state index in [-0.39, 0.29) is 11.4 Å². The first-order chi connectivity index (χ1) is 17.5. The van der Waals surface area contributed by atoms with Crippen molar-refractivity contribution in [3.63, 3.8) is 0 Å². The first kappa shape index (κ1) is 22.2. The van der Waals surface area contributed by atoms with Crippen LogP contribution in [-0.4, -0.2) is 24.1 Å². The molecule has 0 spiro atoms. The van der Waals surface area contributed by atoms with E-state index in [1.807, 2.05) is 60.7 Å². The molecule has 0 aliphatic heterocycles. The Morgan fingerprint density at radius 2 is 1.86 bits per heavy atom. The van der Waals surface area contributed by atoms with Gasteiger partial charge in [0.15, 0.2) is 5.16 Å². The molecule has 3 aromatic heterocycles. The van der Waals surface area contributed by atoms with Crippen molar-refractivity contribution >= 4 is 28.4 Å². The van der Waals surface area contributed by atoms with E-state index >= 15 is 0 Å². The predicted octanol–water partition coefficient (Wildman–Crippen LogP) is 5.74. The number of para-hydroxylation sites is 1. The van der Waals surface area contributed by atoms with E-state index in [0.29, 0.717) is 39.2 Å². The maximum Gasteiger partial charge on any atom is 0.267 e. The van der Waals surface area contributed by atoms with E-state index in [9.17, 15) is 9.18 Å². The second-order valence-corrected chi connectivity index (χ2v) is 9.45. The Labute approximate surface area is 209 Å². The van der Waals surface area contributed by atoms with Crippen LogP contribution in [0.5, 0.6) is 0 Å². The van der Waals surface area contributed by atoms with E-state index in [2.05, 4.69) is 15.2 Å². The number of benzene rings is 3. The molecule has 3 aromatic carbocycles. The Bertz CT molecular complexity index is 1820. The van der Waals surface area contributed by atoms with E-state index in [0.717, 1.165) is 22.3 Å². The zero-order valence-electron chi connectivity index (χ0n) is 19.5. The van der Waals surface area contributed by atoms with Crippen molar-refractivity contribution in [2.75, 3.05) is 0 Å². The normalized spacial score (nSPS) is 11.5. The van der Waals surface area contributed by atoms with Gasteiger partial charge in [0.2, 0.25) is 11.7 Å². The molecular weight excluding hydrogens is 477 g/mol. The van der Waals surface area contributed by atoms with Gasteiger partial charge in [-0.3, -0.25) is 9.20 Å². The molecule has 0 N–H and O–H groups in total. The fraction of sp³-hybridized carbons (Fsp3) is 0.111. The molecule has 6 aromatic rings. The zero-order chi connectivity index (χ0) is 24.8. The van der Waals surface area contributed by atoms with E-state index < -0.39 is 0 Å². The molecule has 0 atom stereocenters. The lowest BCUT2D eigenvalue weighted by Crippen LogP contribution is -2.22. The fourth-order valence-corrected chi connectivity index (χ4v) is 5.03. The lowest BCUT2D eigenvalue weighted by atomic mass is 10.1. The van der Waals surface area contributed by atoms with Crippen molar-refractivity contribution in [2.24, 2.45) is 0 Å². The summed E-state index contributed by atoms with van der Waals surface area (Å²) >= 11 is 1.43. The van der Waals surface area contributed by atoms with Crippen molar-refractivity contribution in [1.82, 2.24) is 24.1 Å². The largest absolute Gasteiger partial charge is 0.444 e. The first-order valence-electron chi connectivity index (χ1n) is 11.3. The third-order valence-corrected chi connectivity index (χ3v) is 6.94. The van der Waals surface area contributed by atoms with Crippen molar-refractivity contribution in [1.29, 1.82) is 0 Å². The third kappa shape index (κ3) is 3.77. The van der Waals surface area contributed by atoms with Crippen LogP contribution in [0.3, 0.4) is 0 Å². The van der Waals surface area contributed by atoms with Gasteiger partial charge in [0.25, 0.3) is 5.56 Å². The SMILES string of the molecule is Cc1ccc(C)c(-n2c(=O)c3ccccc3n3c(SCc4coc(-c5cccc(F)c5)n4)nnc23)c1. The van der Waals surface area contributed by atoms with Gasteiger partial charge in [0.1, 0.15) is 12.1 Å². The number of thioether (sulfide) groups is 1. The van der Waals surface area contributed by atoms with Gasteiger partial charge in [0, 0.05) is 11.3 Å². The molecule has 0 amide bonds. The summed E-state index contributed by atoms with van der Waals surface area (Å²) in [6.07, 6.45) is 1.56. The van der Waals surface area contributed by atoms with Gasteiger partial charge in [-0.15, -0.1) is 10.2 Å². The summed E-state index contributed by atoms with van der Waals surface area (Å²) in [4.78, 5) is 18.1. The predicted molar refractivity (Wildman–Crippen MR) is 137 cm³/mol. The van der Waals surface area contributed by atoms with Crippen molar-refractivity contribution in [3.8, 4) is 17.1 Å². The summed E-state index contributed by atoms with van der Waals surface area (Å²) in [7, 11) is 0. The monoisotopic (exact) mass is 497 g/mol. The Balaban J connectivity index is 1.44.